The number of carbonyl (C=O) groups excluding carboxylic acids is 2. The van der Waals surface area contributed by atoms with Gasteiger partial charge in [-0.05, 0) is 38.5 Å². The summed E-state index contributed by atoms with van der Waals surface area (Å²) in [5, 5.41) is 2.53. The highest BCUT2D eigenvalue weighted by molar-refractivity contribution is 5.81. The predicted molar refractivity (Wildman–Crippen MR) is 93.9 cm³/mol. The number of alkyl carbamates (subject to hydrolysis) is 1. The number of halogens is 1. The van der Waals surface area contributed by atoms with Gasteiger partial charge in [-0.2, -0.15) is 0 Å². The Balaban J connectivity index is 1.94. The van der Waals surface area contributed by atoms with E-state index in [1.165, 1.54) is 7.11 Å². The third kappa shape index (κ3) is 6.20. The fourth-order valence-electron chi connectivity index (χ4n) is 2.52. The first-order valence-electron chi connectivity index (χ1n) is 8.63. The van der Waals surface area contributed by atoms with Crippen LogP contribution in [0.5, 0.6) is 5.75 Å². The van der Waals surface area contributed by atoms with Crippen molar-refractivity contribution in [2.24, 2.45) is 0 Å². The van der Waals surface area contributed by atoms with Gasteiger partial charge in [-0.15, -0.1) is 0 Å². The quantitative estimate of drug-likeness (QED) is 0.783. The van der Waals surface area contributed by atoms with Crippen LogP contribution in [0.25, 0.3) is 0 Å². The highest BCUT2D eigenvalue weighted by Crippen LogP contribution is 2.28. The van der Waals surface area contributed by atoms with Gasteiger partial charge in [0.2, 0.25) is 0 Å². The monoisotopic (exact) mass is 366 g/mol. The van der Waals surface area contributed by atoms with E-state index in [0.717, 1.165) is 5.56 Å². The van der Waals surface area contributed by atoms with E-state index < -0.39 is 29.9 Å². The van der Waals surface area contributed by atoms with Crippen molar-refractivity contribution in [3.05, 3.63) is 29.8 Å². The van der Waals surface area contributed by atoms with Crippen molar-refractivity contribution in [3.63, 3.8) is 0 Å². The number of esters is 1. The van der Waals surface area contributed by atoms with Crippen LogP contribution in [-0.2, 0) is 20.7 Å². The van der Waals surface area contributed by atoms with Crippen molar-refractivity contribution in [1.82, 2.24) is 5.32 Å². The van der Waals surface area contributed by atoms with E-state index >= 15 is 0 Å². The lowest BCUT2D eigenvalue weighted by Crippen LogP contribution is -2.45. The minimum Gasteiger partial charge on any atom is -0.490 e. The molecule has 1 fully saturated rings. The molecule has 1 aromatic rings. The van der Waals surface area contributed by atoms with Crippen molar-refractivity contribution >= 4 is 12.1 Å². The van der Waals surface area contributed by atoms with E-state index in [1.807, 2.05) is 0 Å². The number of rotatable bonds is 6. The predicted octanol–water partition coefficient (Wildman–Crippen LogP) is 3.17. The fraction of sp³-hybridized carbons (Fsp3) is 0.579. The summed E-state index contributed by atoms with van der Waals surface area (Å²) in [5.74, 6) is 0.0972. The average molecular weight is 366 g/mol. The van der Waals surface area contributed by atoms with Crippen molar-refractivity contribution < 1.29 is 28.2 Å². The highest BCUT2D eigenvalue weighted by atomic mass is 18.2. The summed E-state index contributed by atoms with van der Waals surface area (Å²) in [4.78, 5) is 23.9. The molecule has 0 aromatic heterocycles. The molecule has 1 aliphatic rings. The van der Waals surface area contributed by atoms with Crippen LogP contribution in [0.4, 0.5) is 9.18 Å². The second-order valence-corrected chi connectivity index (χ2v) is 7.38. The van der Waals surface area contributed by atoms with Crippen LogP contribution in [0, 0.1) is 0 Å². The van der Waals surface area contributed by atoms with Crippen molar-refractivity contribution in [2.45, 2.75) is 64.0 Å². The smallest absolute Gasteiger partial charge is 0.408 e. The zero-order chi connectivity index (χ0) is 19.3. The molecular formula is C19H26FNO5. The highest BCUT2D eigenvalue weighted by Gasteiger charge is 2.30. The lowest BCUT2D eigenvalue weighted by molar-refractivity contribution is -0.143. The van der Waals surface area contributed by atoms with Crippen LogP contribution in [0.2, 0.25) is 0 Å². The van der Waals surface area contributed by atoms with E-state index in [-0.39, 0.29) is 12.5 Å². The molecule has 0 bridgehead atoms. The number of hydrogen-bond acceptors (Lipinski definition) is 5. The van der Waals surface area contributed by atoms with E-state index in [0.29, 0.717) is 18.6 Å². The molecule has 6 nitrogen and oxygen atoms in total. The van der Waals surface area contributed by atoms with E-state index in [9.17, 15) is 14.0 Å². The van der Waals surface area contributed by atoms with Gasteiger partial charge in [0.05, 0.1) is 7.11 Å². The number of ether oxygens (including phenoxy) is 3. The Morgan fingerprint density at radius 3 is 2.35 bits per heavy atom. The minimum atomic E-state index is -0.861. The second kappa shape index (κ2) is 8.38. The lowest BCUT2D eigenvalue weighted by atomic mass is 9.93. The molecule has 0 aliphatic heterocycles. The number of amides is 1. The average Bonchev–Trinajstić information content (AvgIpc) is 2.52. The molecule has 26 heavy (non-hydrogen) atoms. The minimum absolute atomic E-state index is 0.0764. The molecule has 1 aromatic carbocycles. The largest absolute Gasteiger partial charge is 0.490 e. The number of methoxy groups -OCH3 is 1. The molecule has 0 unspecified atom stereocenters. The molecule has 0 spiro atoms. The Kier molecular flexibility index (Phi) is 6.45. The summed E-state index contributed by atoms with van der Waals surface area (Å²) in [6, 6.07) is 6.27. The maximum absolute atomic E-state index is 12.8. The Labute approximate surface area is 153 Å². The maximum atomic E-state index is 12.8. The van der Waals surface area contributed by atoms with Crippen LogP contribution in [0.1, 0.15) is 39.2 Å². The normalized spacial score (nSPS) is 20.5. The molecule has 0 heterocycles. The Bertz CT molecular complexity index is 620. The van der Waals surface area contributed by atoms with Gasteiger partial charge in [-0.3, -0.25) is 0 Å². The van der Waals surface area contributed by atoms with Gasteiger partial charge >= 0.3 is 12.1 Å². The molecule has 1 N–H and O–H groups in total. The summed E-state index contributed by atoms with van der Waals surface area (Å²) in [5.41, 5.74) is 0.157. The molecular weight excluding hydrogens is 340 g/mol. The van der Waals surface area contributed by atoms with Crippen LogP contribution in [-0.4, -0.2) is 43.1 Å². The number of alkyl halides is 1. The number of nitrogens with one attached hydrogen (secondary N) is 1. The number of benzene rings is 1. The van der Waals surface area contributed by atoms with Crippen molar-refractivity contribution in [1.29, 1.82) is 0 Å². The van der Waals surface area contributed by atoms with Crippen LogP contribution in [0.3, 0.4) is 0 Å². The lowest BCUT2D eigenvalue weighted by Gasteiger charge is -2.30. The first-order valence-corrected chi connectivity index (χ1v) is 8.63. The maximum Gasteiger partial charge on any atom is 0.408 e. The van der Waals surface area contributed by atoms with Crippen LogP contribution in [0.15, 0.2) is 24.3 Å². The van der Waals surface area contributed by atoms with E-state index in [1.54, 1.807) is 45.0 Å². The summed E-state index contributed by atoms with van der Waals surface area (Å²) in [7, 11) is 1.26. The molecule has 7 heteroatoms. The van der Waals surface area contributed by atoms with Gasteiger partial charge in [-0.25, -0.2) is 14.0 Å². The topological polar surface area (TPSA) is 73.9 Å². The third-order valence-electron chi connectivity index (χ3n) is 3.88. The first-order chi connectivity index (χ1) is 12.2. The summed E-state index contributed by atoms with van der Waals surface area (Å²) in [6.07, 6.45) is -0.426. The zero-order valence-electron chi connectivity index (χ0n) is 15.6. The molecule has 1 saturated carbocycles. The van der Waals surface area contributed by atoms with Crippen LogP contribution >= 0.6 is 0 Å². The molecule has 1 amide bonds. The number of carbonyl (C=O) groups is 2. The molecule has 144 valence electrons. The molecule has 1 aliphatic carbocycles. The summed E-state index contributed by atoms with van der Waals surface area (Å²) < 4.78 is 28.4. The van der Waals surface area contributed by atoms with Gasteiger partial charge in [0.15, 0.2) is 0 Å². The standard InChI is InChI=1S/C19H26FNO5/c1-19(2,3)26-18(23)21-16(17(22)24-4)9-12-5-7-14(8-6-12)25-15-10-13(20)11-15/h5-8,13,15-16H,9-11H2,1-4H3,(H,21,23)/t13?,15?,16-/m0/s1/i20-1. The van der Waals surface area contributed by atoms with E-state index in [2.05, 4.69) is 5.32 Å². The third-order valence-corrected chi connectivity index (χ3v) is 3.88. The van der Waals surface area contributed by atoms with Crippen LogP contribution < -0.4 is 10.1 Å². The Hall–Kier alpha value is -2.31. The van der Waals surface area contributed by atoms with Gasteiger partial charge in [0, 0.05) is 19.3 Å². The van der Waals surface area contributed by atoms with Crippen molar-refractivity contribution in [2.75, 3.05) is 7.11 Å². The summed E-state index contributed by atoms with van der Waals surface area (Å²) >= 11 is 0. The fourth-order valence-corrected chi connectivity index (χ4v) is 2.52. The summed E-state index contributed by atoms with van der Waals surface area (Å²) in [6.45, 7) is 5.23. The molecule has 0 radical (unpaired) electrons. The number of hydrogen-bond donors (Lipinski definition) is 1. The van der Waals surface area contributed by atoms with E-state index in [4.69, 9.17) is 14.2 Å². The second-order valence-electron chi connectivity index (χ2n) is 7.38. The van der Waals surface area contributed by atoms with Gasteiger partial charge < -0.3 is 19.5 Å². The SMILES string of the molecule is COC(=O)[C@H](Cc1ccc(OC2CC([18F])C2)cc1)NC(=O)OC(C)(C)C. The first kappa shape index (κ1) is 20.0. The Morgan fingerprint density at radius 1 is 1.23 bits per heavy atom. The molecule has 2 rings (SSSR count). The van der Waals surface area contributed by atoms with Crippen molar-refractivity contribution in [3.8, 4) is 5.75 Å². The van der Waals surface area contributed by atoms with Gasteiger partial charge in [-0.1, -0.05) is 12.1 Å². The van der Waals surface area contributed by atoms with Gasteiger partial charge in [0.25, 0.3) is 0 Å². The van der Waals surface area contributed by atoms with Gasteiger partial charge in [0.1, 0.15) is 29.7 Å². The molecule has 1 atom stereocenters. The zero-order valence-corrected chi connectivity index (χ0v) is 15.6. The Morgan fingerprint density at radius 2 is 1.85 bits per heavy atom. The molecule has 0 saturated heterocycles.